The number of nitrogens with zero attached hydrogens (tertiary/aromatic N) is 2. The number of carbonyl (C=O) groups excluding carboxylic acids is 1. The molecule has 1 N–H and O–H groups in total. The first-order chi connectivity index (χ1) is 11.2. The van der Waals surface area contributed by atoms with E-state index in [0.29, 0.717) is 12.6 Å². The summed E-state index contributed by atoms with van der Waals surface area (Å²) in [6.45, 7) is 5.56. The Labute approximate surface area is 140 Å². The normalized spacial score (nSPS) is 18.6. The van der Waals surface area contributed by atoms with E-state index in [2.05, 4.69) is 53.4 Å². The van der Waals surface area contributed by atoms with Crippen molar-refractivity contribution in [3.63, 3.8) is 0 Å². The van der Waals surface area contributed by atoms with Crippen LogP contribution in [0, 0.1) is 0 Å². The SMILES string of the molecule is CCC1CCCCN1CC(=O)NCCCN(C)c1ccccc1. The Morgan fingerprint density at radius 1 is 1.30 bits per heavy atom. The number of piperidine rings is 1. The fraction of sp³-hybridized carbons (Fsp3) is 0.632. The van der Waals surface area contributed by atoms with Crippen LogP contribution in [0.4, 0.5) is 5.69 Å². The molecule has 0 saturated carbocycles. The van der Waals surface area contributed by atoms with Crippen molar-refractivity contribution >= 4 is 11.6 Å². The molecule has 4 heteroatoms. The fourth-order valence-corrected chi connectivity index (χ4v) is 3.33. The minimum atomic E-state index is 0.174. The molecule has 1 aliphatic rings. The summed E-state index contributed by atoms with van der Waals surface area (Å²) in [4.78, 5) is 16.7. The van der Waals surface area contributed by atoms with Crippen molar-refractivity contribution in [2.24, 2.45) is 0 Å². The van der Waals surface area contributed by atoms with Crippen molar-refractivity contribution in [1.29, 1.82) is 0 Å². The second kappa shape index (κ2) is 9.56. The quantitative estimate of drug-likeness (QED) is 0.749. The highest BCUT2D eigenvalue weighted by Gasteiger charge is 2.22. The van der Waals surface area contributed by atoms with Gasteiger partial charge in [-0.25, -0.2) is 0 Å². The van der Waals surface area contributed by atoms with Gasteiger partial charge in [0.2, 0.25) is 5.91 Å². The summed E-state index contributed by atoms with van der Waals surface area (Å²) in [5.74, 6) is 0.174. The summed E-state index contributed by atoms with van der Waals surface area (Å²) < 4.78 is 0. The fourth-order valence-electron chi connectivity index (χ4n) is 3.33. The number of anilines is 1. The molecule has 23 heavy (non-hydrogen) atoms. The zero-order chi connectivity index (χ0) is 16.5. The molecule has 4 nitrogen and oxygen atoms in total. The van der Waals surface area contributed by atoms with E-state index in [1.807, 2.05) is 6.07 Å². The number of carbonyl (C=O) groups is 1. The highest BCUT2D eigenvalue weighted by atomic mass is 16.2. The van der Waals surface area contributed by atoms with Gasteiger partial charge in [-0.1, -0.05) is 31.5 Å². The number of nitrogens with one attached hydrogen (secondary N) is 1. The zero-order valence-electron chi connectivity index (χ0n) is 14.6. The summed E-state index contributed by atoms with van der Waals surface area (Å²) in [7, 11) is 2.09. The van der Waals surface area contributed by atoms with E-state index in [1.165, 1.54) is 24.9 Å². The van der Waals surface area contributed by atoms with E-state index in [1.54, 1.807) is 0 Å². The van der Waals surface area contributed by atoms with E-state index in [9.17, 15) is 4.79 Å². The maximum absolute atomic E-state index is 12.1. The van der Waals surface area contributed by atoms with Gasteiger partial charge in [-0.05, 0) is 44.4 Å². The van der Waals surface area contributed by atoms with Crippen LogP contribution in [0.2, 0.25) is 0 Å². The minimum absolute atomic E-state index is 0.174. The summed E-state index contributed by atoms with van der Waals surface area (Å²) in [6, 6.07) is 11.0. The van der Waals surface area contributed by atoms with Crippen LogP contribution in [-0.2, 0) is 4.79 Å². The van der Waals surface area contributed by atoms with Crippen LogP contribution < -0.4 is 10.2 Å². The van der Waals surface area contributed by atoms with Crippen molar-refractivity contribution in [3.05, 3.63) is 30.3 Å². The van der Waals surface area contributed by atoms with Gasteiger partial charge in [0.1, 0.15) is 0 Å². The van der Waals surface area contributed by atoms with E-state index in [-0.39, 0.29) is 5.91 Å². The molecule has 0 radical (unpaired) electrons. The van der Waals surface area contributed by atoms with Gasteiger partial charge in [0.05, 0.1) is 6.54 Å². The molecular formula is C19H31N3O. The Balaban J connectivity index is 1.63. The van der Waals surface area contributed by atoms with E-state index >= 15 is 0 Å². The van der Waals surface area contributed by atoms with Crippen molar-refractivity contribution in [2.75, 3.05) is 38.1 Å². The molecule has 1 saturated heterocycles. The molecule has 0 spiro atoms. The van der Waals surface area contributed by atoms with Gasteiger partial charge in [-0.3, -0.25) is 9.69 Å². The maximum atomic E-state index is 12.1. The third kappa shape index (κ3) is 5.87. The molecule has 128 valence electrons. The lowest BCUT2D eigenvalue weighted by molar-refractivity contribution is -0.123. The third-order valence-corrected chi connectivity index (χ3v) is 4.76. The van der Waals surface area contributed by atoms with Crippen LogP contribution in [0.15, 0.2) is 30.3 Å². The lowest BCUT2D eigenvalue weighted by Crippen LogP contribution is -2.45. The number of hydrogen-bond donors (Lipinski definition) is 1. The minimum Gasteiger partial charge on any atom is -0.375 e. The molecule has 1 fully saturated rings. The van der Waals surface area contributed by atoms with Crippen LogP contribution in [0.25, 0.3) is 0 Å². The molecule has 1 aliphatic heterocycles. The van der Waals surface area contributed by atoms with Crippen molar-refractivity contribution in [1.82, 2.24) is 10.2 Å². The first-order valence-corrected chi connectivity index (χ1v) is 8.97. The molecule has 1 heterocycles. The van der Waals surface area contributed by atoms with Gasteiger partial charge in [-0.15, -0.1) is 0 Å². The van der Waals surface area contributed by atoms with E-state index in [4.69, 9.17) is 0 Å². The number of benzene rings is 1. The highest BCUT2D eigenvalue weighted by molar-refractivity contribution is 5.78. The first-order valence-electron chi connectivity index (χ1n) is 8.97. The lowest BCUT2D eigenvalue weighted by atomic mass is 10.0. The molecule has 0 aliphatic carbocycles. The first kappa shape index (κ1) is 17.8. The van der Waals surface area contributed by atoms with Crippen LogP contribution in [-0.4, -0.2) is 50.1 Å². The summed E-state index contributed by atoms with van der Waals surface area (Å²) in [5.41, 5.74) is 1.22. The van der Waals surface area contributed by atoms with Gasteiger partial charge in [-0.2, -0.15) is 0 Å². The molecule has 0 bridgehead atoms. The Morgan fingerprint density at radius 3 is 2.83 bits per heavy atom. The summed E-state index contributed by atoms with van der Waals surface area (Å²) in [6.07, 6.45) is 5.89. The molecule has 2 rings (SSSR count). The van der Waals surface area contributed by atoms with Gasteiger partial charge in [0, 0.05) is 31.9 Å². The van der Waals surface area contributed by atoms with Gasteiger partial charge < -0.3 is 10.2 Å². The second-order valence-corrected chi connectivity index (χ2v) is 6.49. The van der Waals surface area contributed by atoms with Crippen molar-refractivity contribution in [2.45, 2.75) is 45.1 Å². The number of hydrogen-bond acceptors (Lipinski definition) is 3. The molecule has 0 aromatic heterocycles. The molecule has 1 atom stereocenters. The second-order valence-electron chi connectivity index (χ2n) is 6.49. The number of amides is 1. The van der Waals surface area contributed by atoms with Gasteiger partial charge >= 0.3 is 0 Å². The summed E-state index contributed by atoms with van der Waals surface area (Å²) in [5, 5.41) is 3.07. The predicted molar refractivity (Wildman–Crippen MR) is 96.8 cm³/mol. The van der Waals surface area contributed by atoms with Gasteiger partial charge in [0.25, 0.3) is 0 Å². The number of rotatable bonds is 8. The van der Waals surface area contributed by atoms with Crippen LogP contribution in [0.3, 0.4) is 0 Å². The molecule has 1 amide bonds. The van der Waals surface area contributed by atoms with Crippen molar-refractivity contribution < 1.29 is 4.79 Å². The van der Waals surface area contributed by atoms with Crippen LogP contribution in [0.5, 0.6) is 0 Å². The number of para-hydroxylation sites is 1. The highest BCUT2D eigenvalue weighted by Crippen LogP contribution is 2.18. The third-order valence-electron chi connectivity index (χ3n) is 4.76. The Morgan fingerprint density at radius 2 is 2.09 bits per heavy atom. The average Bonchev–Trinajstić information content (AvgIpc) is 2.59. The van der Waals surface area contributed by atoms with Crippen LogP contribution in [0.1, 0.15) is 39.0 Å². The molecular weight excluding hydrogens is 286 g/mol. The van der Waals surface area contributed by atoms with Gasteiger partial charge in [0.15, 0.2) is 0 Å². The zero-order valence-corrected chi connectivity index (χ0v) is 14.6. The largest absolute Gasteiger partial charge is 0.375 e. The van der Waals surface area contributed by atoms with Crippen molar-refractivity contribution in [3.8, 4) is 0 Å². The molecule has 1 unspecified atom stereocenters. The standard InChI is InChI=1S/C19H31N3O/c1-3-17-10-7-8-15-22(17)16-19(23)20-13-9-14-21(2)18-11-5-4-6-12-18/h4-6,11-12,17H,3,7-10,13-16H2,1-2H3,(H,20,23). The Hall–Kier alpha value is -1.55. The Bertz CT molecular complexity index is 463. The summed E-state index contributed by atoms with van der Waals surface area (Å²) >= 11 is 0. The topological polar surface area (TPSA) is 35.6 Å². The van der Waals surface area contributed by atoms with Crippen LogP contribution >= 0.6 is 0 Å². The average molecular weight is 317 g/mol. The van der Waals surface area contributed by atoms with E-state index < -0.39 is 0 Å². The molecule has 1 aromatic rings. The lowest BCUT2D eigenvalue weighted by Gasteiger charge is -2.34. The van der Waals surface area contributed by atoms with E-state index in [0.717, 1.165) is 32.5 Å². The molecule has 1 aromatic carbocycles. The number of likely N-dealkylation sites (tertiary alicyclic amines) is 1. The Kier molecular flexibility index (Phi) is 7.40. The monoisotopic (exact) mass is 317 g/mol. The maximum Gasteiger partial charge on any atom is 0.234 e. The predicted octanol–water partition coefficient (Wildman–Crippen LogP) is 2.89. The smallest absolute Gasteiger partial charge is 0.234 e.